The molecular weight excluding hydrogens is 418 g/mol. The van der Waals surface area contributed by atoms with E-state index in [9.17, 15) is 4.79 Å². The number of nitrogens with one attached hydrogen (secondary N) is 1. The van der Waals surface area contributed by atoms with Crippen molar-refractivity contribution in [1.29, 1.82) is 0 Å². The summed E-state index contributed by atoms with van der Waals surface area (Å²) in [7, 11) is 0. The highest BCUT2D eigenvalue weighted by Gasteiger charge is 2.11. The van der Waals surface area contributed by atoms with Crippen molar-refractivity contribution in [2.45, 2.75) is 18.8 Å². The number of aromatic nitrogens is 2. The molecule has 0 saturated heterocycles. The lowest BCUT2D eigenvalue weighted by Crippen LogP contribution is -2.14. The summed E-state index contributed by atoms with van der Waals surface area (Å²) in [6.45, 7) is 2.12. The van der Waals surface area contributed by atoms with Crippen molar-refractivity contribution in [3.05, 3.63) is 64.5 Å². The molecule has 1 heterocycles. The SMILES string of the molecule is Cc1cc(Br)ccc1NC(=O)CSc1nnc(COc2ccccc2)o1. The summed E-state index contributed by atoms with van der Waals surface area (Å²) >= 11 is 4.58. The van der Waals surface area contributed by atoms with Crippen molar-refractivity contribution in [2.75, 3.05) is 11.1 Å². The number of ether oxygens (including phenoxy) is 1. The molecule has 0 radical (unpaired) electrons. The summed E-state index contributed by atoms with van der Waals surface area (Å²) in [6.07, 6.45) is 0. The van der Waals surface area contributed by atoms with Crippen LogP contribution in [0.15, 0.2) is 62.6 Å². The van der Waals surface area contributed by atoms with E-state index in [-0.39, 0.29) is 18.3 Å². The predicted molar refractivity (Wildman–Crippen MR) is 103 cm³/mol. The van der Waals surface area contributed by atoms with Crippen LogP contribution in [0.5, 0.6) is 5.75 Å². The van der Waals surface area contributed by atoms with Crippen molar-refractivity contribution in [1.82, 2.24) is 10.2 Å². The van der Waals surface area contributed by atoms with E-state index in [1.54, 1.807) is 0 Å². The molecule has 2 aromatic carbocycles. The van der Waals surface area contributed by atoms with Gasteiger partial charge in [0.05, 0.1) is 5.75 Å². The summed E-state index contributed by atoms with van der Waals surface area (Å²) < 4.78 is 12.0. The zero-order valence-corrected chi connectivity index (χ0v) is 16.3. The van der Waals surface area contributed by atoms with Crippen molar-refractivity contribution in [2.24, 2.45) is 0 Å². The molecule has 0 atom stereocenters. The van der Waals surface area contributed by atoms with Crippen LogP contribution in [0, 0.1) is 6.92 Å². The van der Waals surface area contributed by atoms with E-state index in [1.165, 1.54) is 11.8 Å². The molecule has 1 N–H and O–H groups in total. The van der Waals surface area contributed by atoms with Gasteiger partial charge in [-0.1, -0.05) is 45.9 Å². The molecule has 0 bridgehead atoms. The summed E-state index contributed by atoms with van der Waals surface area (Å²) in [6, 6.07) is 15.1. The van der Waals surface area contributed by atoms with E-state index >= 15 is 0 Å². The van der Waals surface area contributed by atoms with Crippen molar-refractivity contribution >= 4 is 39.3 Å². The molecule has 26 heavy (non-hydrogen) atoms. The smallest absolute Gasteiger partial charge is 0.277 e. The van der Waals surface area contributed by atoms with Gasteiger partial charge in [-0.15, -0.1) is 10.2 Å². The molecule has 0 aliphatic carbocycles. The molecule has 1 aromatic heterocycles. The first-order valence-electron chi connectivity index (χ1n) is 7.79. The van der Waals surface area contributed by atoms with Gasteiger partial charge in [-0.25, -0.2) is 0 Å². The maximum Gasteiger partial charge on any atom is 0.277 e. The number of benzene rings is 2. The molecule has 3 rings (SSSR count). The lowest BCUT2D eigenvalue weighted by molar-refractivity contribution is -0.113. The van der Waals surface area contributed by atoms with E-state index in [0.29, 0.717) is 11.1 Å². The van der Waals surface area contributed by atoms with Crippen LogP contribution in [-0.4, -0.2) is 21.9 Å². The lowest BCUT2D eigenvalue weighted by atomic mass is 10.2. The number of rotatable bonds is 7. The number of amides is 1. The van der Waals surface area contributed by atoms with Gasteiger partial charge in [0.1, 0.15) is 5.75 Å². The molecule has 0 spiro atoms. The molecule has 0 aliphatic rings. The number of hydrogen-bond donors (Lipinski definition) is 1. The van der Waals surface area contributed by atoms with Gasteiger partial charge >= 0.3 is 0 Å². The fourth-order valence-electron chi connectivity index (χ4n) is 2.10. The van der Waals surface area contributed by atoms with Crippen LogP contribution in [0.25, 0.3) is 0 Å². The Morgan fingerprint density at radius 1 is 1.23 bits per heavy atom. The van der Waals surface area contributed by atoms with Crippen LogP contribution in [0.1, 0.15) is 11.5 Å². The second-order valence-electron chi connectivity index (χ2n) is 5.36. The van der Waals surface area contributed by atoms with E-state index < -0.39 is 0 Å². The first-order valence-corrected chi connectivity index (χ1v) is 9.57. The number of para-hydroxylation sites is 1. The Labute approximate surface area is 163 Å². The zero-order chi connectivity index (χ0) is 18.4. The van der Waals surface area contributed by atoms with Gasteiger partial charge in [0.25, 0.3) is 11.1 Å². The summed E-state index contributed by atoms with van der Waals surface area (Å²) in [4.78, 5) is 12.1. The van der Waals surface area contributed by atoms with Crippen molar-refractivity contribution in [3.63, 3.8) is 0 Å². The predicted octanol–water partition coefficient (Wildman–Crippen LogP) is 4.45. The number of carbonyl (C=O) groups is 1. The normalized spacial score (nSPS) is 10.5. The van der Waals surface area contributed by atoms with Crippen LogP contribution in [0.3, 0.4) is 0 Å². The Kier molecular flexibility index (Phi) is 6.30. The van der Waals surface area contributed by atoms with Gasteiger partial charge in [-0.3, -0.25) is 4.79 Å². The summed E-state index contributed by atoms with van der Waals surface area (Å²) in [5.74, 6) is 1.13. The van der Waals surface area contributed by atoms with Crippen molar-refractivity contribution < 1.29 is 13.9 Å². The molecule has 0 saturated carbocycles. The Morgan fingerprint density at radius 3 is 2.81 bits per heavy atom. The minimum atomic E-state index is -0.138. The van der Waals surface area contributed by atoms with Gasteiger partial charge in [-0.2, -0.15) is 0 Å². The van der Waals surface area contributed by atoms with Crippen LogP contribution < -0.4 is 10.1 Å². The van der Waals surface area contributed by atoms with E-state index in [0.717, 1.165) is 21.5 Å². The minimum absolute atomic E-state index is 0.138. The Morgan fingerprint density at radius 2 is 2.04 bits per heavy atom. The molecule has 0 fully saturated rings. The van der Waals surface area contributed by atoms with E-state index in [2.05, 4.69) is 31.4 Å². The molecule has 6 nitrogen and oxygen atoms in total. The third-order valence-corrected chi connectivity index (χ3v) is 4.65. The quantitative estimate of drug-likeness (QED) is 0.554. The molecule has 8 heteroatoms. The number of nitrogens with zero attached hydrogens (tertiary/aromatic N) is 2. The second-order valence-corrected chi connectivity index (χ2v) is 7.20. The average molecular weight is 434 g/mol. The lowest BCUT2D eigenvalue weighted by Gasteiger charge is -2.07. The van der Waals surface area contributed by atoms with E-state index in [4.69, 9.17) is 9.15 Å². The van der Waals surface area contributed by atoms with E-state index in [1.807, 2.05) is 55.5 Å². The van der Waals surface area contributed by atoms with Crippen LogP contribution in [0.2, 0.25) is 0 Å². The van der Waals surface area contributed by atoms with Crippen LogP contribution in [-0.2, 0) is 11.4 Å². The molecule has 0 aliphatic heterocycles. The first-order chi connectivity index (χ1) is 12.6. The third kappa shape index (κ3) is 5.34. The zero-order valence-electron chi connectivity index (χ0n) is 13.9. The fourth-order valence-corrected chi connectivity index (χ4v) is 3.15. The monoisotopic (exact) mass is 433 g/mol. The Bertz CT molecular complexity index is 886. The maximum absolute atomic E-state index is 12.1. The van der Waals surface area contributed by atoms with Crippen LogP contribution in [0.4, 0.5) is 5.69 Å². The van der Waals surface area contributed by atoms with Gasteiger partial charge in [0.15, 0.2) is 6.61 Å². The number of hydrogen-bond acceptors (Lipinski definition) is 6. The largest absolute Gasteiger partial charge is 0.484 e. The minimum Gasteiger partial charge on any atom is -0.484 e. The second kappa shape index (κ2) is 8.86. The highest BCUT2D eigenvalue weighted by molar-refractivity contribution is 9.10. The highest BCUT2D eigenvalue weighted by atomic mass is 79.9. The molecule has 0 unspecified atom stereocenters. The highest BCUT2D eigenvalue weighted by Crippen LogP contribution is 2.21. The molecule has 1 amide bonds. The van der Waals surface area contributed by atoms with Crippen molar-refractivity contribution in [3.8, 4) is 5.75 Å². The Hall–Kier alpha value is -2.32. The molecule has 134 valence electrons. The number of anilines is 1. The number of halogens is 1. The number of carbonyl (C=O) groups excluding carboxylic acids is 1. The standard InChI is InChI=1S/C18H16BrN3O3S/c1-12-9-13(19)7-8-15(12)20-16(23)11-26-18-22-21-17(25-18)10-24-14-5-3-2-4-6-14/h2-9H,10-11H2,1H3,(H,20,23). The topological polar surface area (TPSA) is 77.2 Å². The van der Waals surface area contributed by atoms with Gasteiger partial charge in [0, 0.05) is 10.2 Å². The van der Waals surface area contributed by atoms with Gasteiger partial charge in [-0.05, 0) is 42.8 Å². The first kappa shape index (κ1) is 18.5. The van der Waals surface area contributed by atoms with Gasteiger partial charge < -0.3 is 14.5 Å². The Balaban J connectivity index is 1.47. The summed E-state index contributed by atoms with van der Waals surface area (Å²) in [5, 5.41) is 11.0. The summed E-state index contributed by atoms with van der Waals surface area (Å²) in [5.41, 5.74) is 1.76. The number of aryl methyl sites for hydroxylation is 1. The maximum atomic E-state index is 12.1. The number of thioether (sulfide) groups is 1. The third-order valence-electron chi connectivity index (χ3n) is 3.34. The molecule has 3 aromatic rings. The van der Waals surface area contributed by atoms with Crippen LogP contribution >= 0.6 is 27.7 Å². The van der Waals surface area contributed by atoms with Gasteiger partial charge in [0.2, 0.25) is 5.91 Å². The average Bonchev–Trinajstić information content (AvgIpc) is 3.09. The fraction of sp³-hybridized carbons (Fsp3) is 0.167. The molecular formula is C18H16BrN3O3S.